The van der Waals surface area contributed by atoms with E-state index in [9.17, 15) is 18.0 Å². The van der Waals surface area contributed by atoms with Crippen LogP contribution in [0.5, 0.6) is 11.6 Å². The number of anilines is 1. The maximum atomic E-state index is 15.2. The van der Waals surface area contributed by atoms with Crippen molar-refractivity contribution in [3.8, 4) is 11.6 Å². The highest BCUT2D eigenvalue weighted by Gasteiger charge is 2.32. The second-order valence-electron chi connectivity index (χ2n) is 7.40. The number of hydrogen-bond donors (Lipinski definition) is 2. The topological polar surface area (TPSA) is 81.1 Å². The predicted molar refractivity (Wildman–Crippen MR) is 123 cm³/mol. The molecule has 1 aliphatic rings. The summed E-state index contributed by atoms with van der Waals surface area (Å²) in [6.07, 6.45) is 2.62. The van der Waals surface area contributed by atoms with Crippen molar-refractivity contribution in [2.24, 2.45) is 0 Å². The van der Waals surface area contributed by atoms with Crippen LogP contribution >= 0.6 is 22.6 Å². The normalized spacial score (nSPS) is 13.2. The molecule has 0 aliphatic carbocycles. The predicted octanol–water partition coefficient (Wildman–Crippen LogP) is 5.67. The van der Waals surface area contributed by atoms with Crippen LogP contribution in [-0.4, -0.2) is 20.6 Å². The fourth-order valence-electron chi connectivity index (χ4n) is 3.70. The average Bonchev–Trinajstić information content (AvgIpc) is 3.44. The fourth-order valence-corrected chi connectivity index (χ4v) is 4.11. The summed E-state index contributed by atoms with van der Waals surface area (Å²) >= 11 is 0.808. The van der Waals surface area contributed by atoms with E-state index in [4.69, 9.17) is 4.74 Å². The number of nitrogens with zero attached hydrogens (tertiary/aromatic N) is 3. The number of nitrogens with one attached hydrogen (secondary N) is 2. The van der Waals surface area contributed by atoms with Crippen LogP contribution in [0.3, 0.4) is 0 Å². The van der Waals surface area contributed by atoms with Gasteiger partial charge in [-0.3, -0.25) is 4.57 Å². The van der Waals surface area contributed by atoms with Gasteiger partial charge in [-0.1, -0.05) is 6.07 Å². The van der Waals surface area contributed by atoms with Gasteiger partial charge >= 0.3 is 9.96 Å². The highest BCUT2D eigenvalue weighted by Crippen LogP contribution is 2.38. The first-order valence-corrected chi connectivity index (χ1v) is 11.0. The molecule has 7 nitrogen and oxygen atoms in total. The van der Waals surface area contributed by atoms with Crippen LogP contribution in [0.15, 0.2) is 48.9 Å². The maximum absolute atomic E-state index is 15.2. The van der Waals surface area contributed by atoms with Crippen molar-refractivity contribution in [1.29, 1.82) is 0 Å². The molecular formula is C22H14F4IN5O2. The van der Waals surface area contributed by atoms with Crippen molar-refractivity contribution in [3.63, 3.8) is 0 Å². The van der Waals surface area contributed by atoms with Crippen molar-refractivity contribution >= 4 is 45.2 Å². The molecule has 12 heteroatoms. The van der Waals surface area contributed by atoms with Gasteiger partial charge in [-0.05, 0) is 30.3 Å². The molecule has 5 rings (SSSR count). The van der Waals surface area contributed by atoms with Crippen LogP contribution in [0.4, 0.5) is 28.0 Å². The molecule has 0 unspecified atom stereocenters. The Bertz CT molecular complexity index is 1440. The van der Waals surface area contributed by atoms with Crippen molar-refractivity contribution in [2.75, 3.05) is 5.32 Å². The van der Waals surface area contributed by atoms with Gasteiger partial charge in [0, 0.05) is 47.3 Å². The number of halogens is 5. The molecule has 1 aliphatic heterocycles. The monoisotopic (exact) mass is 583 g/mol. The Morgan fingerprint density at radius 3 is 2.74 bits per heavy atom. The van der Waals surface area contributed by atoms with Crippen molar-refractivity contribution in [3.05, 3.63) is 77.4 Å². The quantitative estimate of drug-likeness (QED) is 0.184. The highest BCUT2D eigenvalue weighted by molar-refractivity contribution is 14.1. The molecule has 174 valence electrons. The molecule has 0 radical (unpaired) electrons. The first-order valence-electron chi connectivity index (χ1n) is 9.92. The van der Waals surface area contributed by atoms with Gasteiger partial charge in [0.05, 0.1) is 28.0 Å². The maximum Gasteiger partial charge on any atom is 0.330 e. The summed E-state index contributed by atoms with van der Waals surface area (Å²) in [7, 11) is 0. The molecule has 2 aromatic carbocycles. The lowest BCUT2D eigenvalue weighted by Gasteiger charge is -2.14. The van der Waals surface area contributed by atoms with Crippen molar-refractivity contribution in [2.45, 2.75) is 17.0 Å². The number of carbonyl (C=O) groups excluding carboxylic acids is 1. The number of alkyl halides is 3. The van der Waals surface area contributed by atoms with E-state index in [0.717, 1.165) is 50.5 Å². The lowest BCUT2D eigenvalue weighted by Crippen LogP contribution is -2.20. The molecule has 0 bridgehead atoms. The van der Waals surface area contributed by atoms with E-state index in [1.807, 2.05) is 0 Å². The van der Waals surface area contributed by atoms with Crippen LogP contribution < -0.4 is 15.4 Å². The zero-order valence-electron chi connectivity index (χ0n) is 17.1. The molecule has 3 heterocycles. The molecule has 2 aromatic heterocycles. The standard InChI is InChI=1S/C22H14F4IN5O2/c23-18-11-6-7-32(21(33)31-14-3-1-2-13(19(14)24)22(25,26)27)16(11)4-5-17(18)34-20-12-8-28-9-15(12)29-10-30-20/h1-7,10,28H,8-9H2,(H,31,33). The van der Waals surface area contributed by atoms with Gasteiger partial charge < -0.3 is 15.4 Å². The molecule has 0 fully saturated rings. The number of rotatable bonds is 4. The summed E-state index contributed by atoms with van der Waals surface area (Å²) in [6, 6.07) is 6.60. The summed E-state index contributed by atoms with van der Waals surface area (Å²) in [5.74, 6) is -1.84. The molecule has 1 amide bonds. The Hall–Kier alpha value is -3.26. The smallest absolute Gasteiger partial charge is 0.330 e. The fraction of sp³-hybridized carbons (Fsp3) is 0.136. The van der Waals surface area contributed by atoms with Gasteiger partial charge in [0.1, 0.15) is 6.33 Å². The van der Waals surface area contributed by atoms with E-state index >= 15 is 4.39 Å². The minimum absolute atomic E-state index is 0.0736. The molecule has 0 atom stereocenters. The van der Waals surface area contributed by atoms with E-state index in [0.29, 0.717) is 13.1 Å². The third-order valence-electron chi connectivity index (χ3n) is 5.33. The van der Waals surface area contributed by atoms with Gasteiger partial charge in [0.15, 0.2) is 17.4 Å². The lowest BCUT2D eigenvalue weighted by atomic mass is 10.2. The minimum Gasteiger partial charge on any atom is -0.435 e. The number of hydrogen-bond acceptors (Lipinski definition) is 5. The van der Waals surface area contributed by atoms with E-state index in [1.165, 1.54) is 36.8 Å². The second kappa shape index (κ2) is 8.51. The Morgan fingerprint density at radius 2 is 1.94 bits per heavy atom. The summed E-state index contributed by atoms with van der Waals surface area (Å²) in [4.78, 5) is 21.0. The largest absolute Gasteiger partial charge is 0.435 e. The third-order valence-corrected chi connectivity index (χ3v) is 5.91. The van der Waals surface area contributed by atoms with Crippen molar-refractivity contribution < 1.29 is 27.1 Å². The first-order chi connectivity index (χ1) is 16.2. The average molecular weight is 583 g/mol. The number of fused-ring (bicyclic) bond motifs is 2. The Labute approximate surface area is 203 Å². The van der Waals surface area contributed by atoms with Gasteiger partial charge in [-0.15, -0.1) is 0 Å². The van der Waals surface area contributed by atoms with E-state index in [2.05, 4.69) is 20.6 Å². The molecule has 0 saturated heterocycles. The van der Waals surface area contributed by atoms with Gasteiger partial charge in [0.25, 0.3) is 0 Å². The van der Waals surface area contributed by atoms with Gasteiger partial charge in [-0.2, -0.15) is 8.78 Å². The Balaban J connectivity index is 1.44. The Kier molecular flexibility index (Phi) is 5.64. The SMILES string of the molecule is O=C(Nc1cccc(C(F)(F)I)c1F)n1ccc2c(F)c(Oc3ncnc4c3CNC4)ccc21. The van der Waals surface area contributed by atoms with Crippen LogP contribution in [-0.2, 0) is 17.0 Å². The van der Waals surface area contributed by atoms with Crippen molar-refractivity contribution in [1.82, 2.24) is 19.9 Å². The molecule has 0 saturated carbocycles. The van der Waals surface area contributed by atoms with E-state index in [-0.39, 0.29) is 22.5 Å². The third kappa shape index (κ3) is 3.96. The molecule has 0 spiro atoms. The second-order valence-corrected chi connectivity index (χ2v) is 8.76. The zero-order valence-corrected chi connectivity index (χ0v) is 19.2. The highest BCUT2D eigenvalue weighted by atomic mass is 127. The van der Waals surface area contributed by atoms with Crippen LogP contribution in [0.1, 0.15) is 16.8 Å². The summed E-state index contributed by atoms with van der Waals surface area (Å²) in [5, 5.41) is 5.44. The summed E-state index contributed by atoms with van der Waals surface area (Å²) in [5.41, 5.74) is 0.397. The minimum atomic E-state index is -3.46. The number of ether oxygens (including phenoxy) is 1. The van der Waals surface area contributed by atoms with Crippen LogP contribution in [0.2, 0.25) is 0 Å². The van der Waals surface area contributed by atoms with Gasteiger partial charge in [0.2, 0.25) is 5.88 Å². The number of benzene rings is 2. The van der Waals surface area contributed by atoms with Crippen LogP contribution in [0.25, 0.3) is 10.9 Å². The Morgan fingerprint density at radius 1 is 1.12 bits per heavy atom. The number of aromatic nitrogens is 3. The molecule has 2 N–H and O–H groups in total. The van der Waals surface area contributed by atoms with E-state index < -0.39 is 32.8 Å². The lowest BCUT2D eigenvalue weighted by molar-refractivity contribution is 0.123. The van der Waals surface area contributed by atoms with E-state index in [1.54, 1.807) is 0 Å². The molecular weight excluding hydrogens is 569 g/mol. The van der Waals surface area contributed by atoms with Gasteiger partial charge in [-0.25, -0.2) is 23.5 Å². The summed E-state index contributed by atoms with van der Waals surface area (Å²) < 4.78 is 60.1. The number of carbonyl (C=O) groups is 1. The summed E-state index contributed by atoms with van der Waals surface area (Å²) in [6.45, 7) is 1.06. The first kappa shape index (κ1) is 22.5. The molecule has 4 aromatic rings. The molecule has 34 heavy (non-hydrogen) atoms. The van der Waals surface area contributed by atoms with Crippen LogP contribution in [0, 0.1) is 11.6 Å². The zero-order chi connectivity index (χ0) is 24.0. The number of amides is 1.